The van der Waals surface area contributed by atoms with Crippen LogP contribution in [0, 0.1) is 15.2 Å². The Morgan fingerprint density at radius 1 is 1.23 bits per heavy atom. The largest absolute Gasteiger partial charge is 0.492 e. The topological polar surface area (TPSA) is 87.8 Å². The van der Waals surface area contributed by atoms with Gasteiger partial charge in [0.05, 0.1) is 24.1 Å². The van der Waals surface area contributed by atoms with E-state index in [9.17, 15) is 18.7 Å². The number of benzene rings is 2. The van der Waals surface area contributed by atoms with Gasteiger partial charge in [0, 0.05) is 22.6 Å². The Labute approximate surface area is 188 Å². The number of amides is 1. The maximum atomic E-state index is 14.2. The summed E-state index contributed by atoms with van der Waals surface area (Å²) in [5.74, 6) is -2.14. The van der Waals surface area contributed by atoms with Gasteiger partial charge >= 0.3 is 0 Å². The average molecular weight is 533 g/mol. The first-order valence-corrected chi connectivity index (χ1v) is 10.7. The zero-order valence-electron chi connectivity index (χ0n) is 16.9. The van der Waals surface area contributed by atoms with E-state index in [2.05, 4.69) is 10.2 Å². The summed E-state index contributed by atoms with van der Waals surface area (Å²) in [7, 11) is 0. The van der Waals surface area contributed by atoms with Crippen LogP contribution in [0.5, 0.6) is 5.75 Å². The number of rotatable bonds is 11. The highest BCUT2D eigenvalue weighted by atomic mass is 127. The number of nitrogens with two attached hydrogens (primary N) is 1. The van der Waals surface area contributed by atoms with Crippen molar-refractivity contribution in [2.75, 3.05) is 31.6 Å². The number of hydrogen-bond acceptors (Lipinski definition) is 5. The van der Waals surface area contributed by atoms with Crippen LogP contribution < -0.4 is 15.8 Å². The van der Waals surface area contributed by atoms with Crippen molar-refractivity contribution in [3.8, 4) is 5.75 Å². The minimum Gasteiger partial charge on any atom is -0.492 e. The van der Waals surface area contributed by atoms with E-state index in [0.29, 0.717) is 16.5 Å². The number of anilines is 2. The molecule has 0 spiro atoms. The van der Waals surface area contributed by atoms with Crippen LogP contribution in [0.2, 0.25) is 0 Å². The Hall–Kier alpha value is -1.98. The molecule has 6 nitrogen and oxygen atoms in total. The number of aliphatic hydroxyl groups is 1. The second-order valence-corrected chi connectivity index (χ2v) is 7.96. The highest BCUT2D eigenvalue weighted by molar-refractivity contribution is 14.1. The highest BCUT2D eigenvalue weighted by Crippen LogP contribution is 2.31. The van der Waals surface area contributed by atoms with Crippen molar-refractivity contribution in [2.45, 2.75) is 26.4 Å². The molecule has 0 fully saturated rings. The Morgan fingerprint density at radius 3 is 2.53 bits per heavy atom. The quantitative estimate of drug-likeness (QED) is 0.382. The predicted molar refractivity (Wildman–Crippen MR) is 121 cm³/mol. The lowest BCUT2D eigenvalue weighted by Crippen LogP contribution is -2.33. The van der Waals surface area contributed by atoms with Crippen LogP contribution in [0.15, 0.2) is 30.3 Å². The fourth-order valence-corrected chi connectivity index (χ4v) is 3.41. The average Bonchev–Trinajstić information content (AvgIpc) is 2.67. The Balaban J connectivity index is 2.18. The molecule has 1 unspecified atom stereocenters. The van der Waals surface area contributed by atoms with Gasteiger partial charge in [-0.05, 0) is 59.9 Å². The lowest BCUT2D eigenvalue weighted by molar-refractivity contribution is 0.0942. The molecule has 0 aliphatic rings. The summed E-state index contributed by atoms with van der Waals surface area (Å²) in [6.45, 7) is 6.18. The van der Waals surface area contributed by atoms with Gasteiger partial charge in [-0.1, -0.05) is 13.8 Å². The molecule has 0 aliphatic heterocycles. The van der Waals surface area contributed by atoms with E-state index >= 15 is 0 Å². The van der Waals surface area contributed by atoms with Gasteiger partial charge in [-0.3, -0.25) is 4.79 Å². The number of halogens is 3. The van der Waals surface area contributed by atoms with E-state index in [1.807, 2.05) is 36.4 Å². The molecule has 9 heteroatoms. The highest BCUT2D eigenvalue weighted by Gasteiger charge is 2.19. The third kappa shape index (κ3) is 6.78. The van der Waals surface area contributed by atoms with Crippen LogP contribution in [-0.2, 0) is 0 Å². The smallest absolute Gasteiger partial charge is 0.254 e. The van der Waals surface area contributed by atoms with Crippen LogP contribution in [0.1, 0.15) is 30.6 Å². The van der Waals surface area contributed by atoms with Gasteiger partial charge in [0.2, 0.25) is 0 Å². The first-order valence-electron chi connectivity index (χ1n) is 9.63. The van der Waals surface area contributed by atoms with Crippen LogP contribution in [0.25, 0.3) is 0 Å². The van der Waals surface area contributed by atoms with E-state index in [1.54, 1.807) is 6.07 Å². The number of likely N-dealkylation sites (N-methyl/N-ethyl adjacent to an activating group) is 1. The summed E-state index contributed by atoms with van der Waals surface area (Å²) in [5.41, 5.74) is 5.47. The maximum absolute atomic E-state index is 14.2. The van der Waals surface area contributed by atoms with Gasteiger partial charge in [0.25, 0.3) is 5.91 Å². The Bertz CT molecular complexity index is 879. The summed E-state index contributed by atoms with van der Waals surface area (Å²) in [6.07, 6.45) is -0.339. The van der Waals surface area contributed by atoms with Crippen LogP contribution >= 0.6 is 22.6 Å². The van der Waals surface area contributed by atoms with Crippen molar-refractivity contribution in [2.24, 2.45) is 5.73 Å². The SMILES string of the molecule is CCN(CC)CC(O)CCOc1cc(F)cc(Nc2ccc(I)cc2F)c1C(N)=O. The van der Waals surface area contributed by atoms with Gasteiger partial charge in [-0.25, -0.2) is 8.78 Å². The van der Waals surface area contributed by atoms with E-state index in [4.69, 9.17) is 10.5 Å². The van der Waals surface area contributed by atoms with Gasteiger partial charge < -0.3 is 25.8 Å². The minimum absolute atomic E-state index is 0.00120. The third-order valence-corrected chi connectivity index (χ3v) is 5.26. The van der Waals surface area contributed by atoms with E-state index in [1.165, 1.54) is 12.1 Å². The van der Waals surface area contributed by atoms with Crippen molar-refractivity contribution in [1.29, 1.82) is 0 Å². The molecule has 2 aromatic carbocycles. The molecule has 0 saturated heterocycles. The Morgan fingerprint density at radius 2 is 1.93 bits per heavy atom. The molecule has 0 bridgehead atoms. The number of carbonyl (C=O) groups excluding carboxylic acids is 1. The molecule has 0 aromatic heterocycles. The monoisotopic (exact) mass is 533 g/mol. The molecule has 0 aliphatic carbocycles. The molecule has 0 saturated carbocycles. The lowest BCUT2D eigenvalue weighted by atomic mass is 10.1. The summed E-state index contributed by atoms with van der Waals surface area (Å²) >= 11 is 1.97. The van der Waals surface area contributed by atoms with Gasteiger partial charge in [0.1, 0.15) is 22.9 Å². The molecule has 2 rings (SSSR count). The first-order chi connectivity index (χ1) is 14.2. The molecule has 4 N–H and O–H groups in total. The zero-order chi connectivity index (χ0) is 22.3. The second kappa shape index (κ2) is 11.4. The molecule has 2 aromatic rings. The van der Waals surface area contributed by atoms with E-state index < -0.39 is 23.6 Å². The number of aliphatic hydroxyl groups excluding tert-OH is 1. The number of carbonyl (C=O) groups is 1. The molecule has 1 amide bonds. The van der Waals surface area contributed by atoms with Gasteiger partial charge in [-0.2, -0.15) is 0 Å². The van der Waals surface area contributed by atoms with Gasteiger partial charge in [0.15, 0.2) is 0 Å². The fraction of sp³-hybridized carbons (Fsp3) is 0.381. The predicted octanol–water partition coefficient (Wildman–Crippen LogP) is 3.88. The normalized spacial score (nSPS) is 12.1. The summed E-state index contributed by atoms with van der Waals surface area (Å²) < 4.78 is 34.6. The molecule has 0 heterocycles. The number of ether oxygens (including phenoxy) is 1. The minimum atomic E-state index is -0.845. The van der Waals surface area contributed by atoms with Crippen LogP contribution in [-0.4, -0.2) is 48.3 Å². The van der Waals surface area contributed by atoms with Crippen molar-refractivity contribution < 1.29 is 23.4 Å². The standard InChI is InChI=1S/C21H26F2IN3O3/c1-3-27(4-2)12-15(28)7-8-30-19-10-13(22)9-18(20(19)21(25)29)26-17-6-5-14(24)11-16(17)23/h5-6,9-11,15,26,28H,3-4,7-8,12H2,1-2H3,(H2,25,29). The van der Waals surface area contributed by atoms with Crippen molar-refractivity contribution in [3.05, 3.63) is 51.1 Å². The molecule has 0 radical (unpaired) electrons. The number of primary amides is 1. The summed E-state index contributed by atoms with van der Waals surface area (Å²) in [5, 5.41) is 12.9. The summed E-state index contributed by atoms with van der Waals surface area (Å²) in [6, 6.07) is 6.56. The molecular weight excluding hydrogens is 507 g/mol. The molecule has 30 heavy (non-hydrogen) atoms. The van der Waals surface area contributed by atoms with Crippen molar-refractivity contribution in [1.82, 2.24) is 4.90 Å². The lowest BCUT2D eigenvalue weighted by Gasteiger charge is -2.22. The van der Waals surface area contributed by atoms with Crippen molar-refractivity contribution in [3.63, 3.8) is 0 Å². The van der Waals surface area contributed by atoms with Gasteiger partial charge in [-0.15, -0.1) is 0 Å². The number of nitrogens with one attached hydrogen (secondary N) is 1. The first kappa shape index (κ1) is 24.3. The molecule has 1 atom stereocenters. The van der Waals surface area contributed by atoms with Crippen molar-refractivity contribution >= 4 is 39.9 Å². The zero-order valence-corrected chi connectivity index (χ0v) is 19.1. The third-order valence-electron chi connectivity index (χ3n) is 4.59. The summed E-state index contributed by atoms with van der Waals surface area (Å²) in [4.78, 5) is 14.1. The molecule has 164 valence electrons. The van der Waals surface area contributed by atoms with Crippen LogP contribution in [0.4, 0.5) is 20.2 Å². The Kier molecular flexibility index (Phi) is 9.25. The van der Waals surface area contributed by atoms with E-state index in [-0.39, 0.29) is 29.3 Å². The van der Waals surface area contributed by atoms with E-state index in [0.717, 1.165) is 25.2 Å². The number of hydrogen-bond donors (Lipinski definition) is 3. The molecular formula is C21H26F2IN3O3. The number of nitrogens with zero attached hydrogens (tertiary/aromatic N) is 1. The fourth-order valence-electron chi connectivity index (χ4n) is 2.96. The van der Waals surface area contributed by atoms with Crippen LogP contribution in [0.3, 0.4) is 0 Å². The maximum Gasteiger partial charge on any atom is 0.254 e. The second-order valence-electron chi connectivity index (χ2n) is 6.72.